The maximum Gasteiger partial charge on any atom is 0.433 e. The number of carbonyl (C=O) groups is 1. The number of rotatable bonds is 5. The van der Waals surface area contributed by atoms with Crippen LogP contribution in [0.2, 0.25) is 0 Å². The molecule has 1 aliphatic carbocycles. The van der Waals surface area contributed by atoms with Crippen LogP contribution in [0.15, 0.2) is 82.1 Å². The van der Waals surface area contributed by atoms with Crippen molar-refractivity contribution in [3.63, 3.8) is 0 Å². The molecule has 0 spiro atoms. The number of halogens is 3. The Kier molecular flexibility index (Phi) is 7.25. The van der Waals surface area contributed by atoms with E-state index in [2.05, 4.69) is 30.0 Å². The van der Waals surface area contributed by atoms with Crippen LogP contribution in [0.4, 0.5) is 13.2 Å². The minimum atomic E-state index is -4.72. The van der Waals surface area contributed by atoms with Gasteiger partial charge in [0, 0.05) is 27.3 Å². The standard InChI is InChI=1S/C33H28F3N5OS2/c1-19(2)20-10-12-21(13-11-20)25-17-28(33(34,35)36)40-29(37-25)18-26(38-40)32(42)41-31(27-9-5-15-44-27)24-8-3-6-22(30(24)39-41)16-23-7-4-14-43-23/h4-5,7,9-19,24,31H,3,6,8H2,1-2H3/b22-16+/t24-,31+/m0/s1. The number of aromatic nitrogens is 3. The van der Waals surface area contributed by atoms with Crippen LogP contribution < -0.4 is 0 Å². The van der Waals surface area contributed by atoms with Crippen LogP contribution in [0.5, 0.6) is 0 Å². The second-order valence-electron chi connectivity index (χ2n) is 11.4. The van der Waals surface area contributed by atoms with Gasteiger partial charge in [-0.3, -0.25) is 4.79 Å². The third-order valence-electron chi connectivity index (χ3n) is 8.21. The van der Waals surface area contributed by atoms with Crippen molar-refractivity contribution in [3.8, 4) is 11.3 Å². The Labute approximate surface area is 260 Å². The third kappa shape index (κ3) is 5.17. The van der Waals surface area contributed by atoms with Crippen LogP contribution in [0, 0.1) is 5.92 Å². The summed E-state index contributed by atoms with van der Waals surface area (Å²) in [6.45, 7) is 4.10. The fourth-order valence-corrected chi connectivity index (χ4v) is 7.59. The van der Waals surface area contributed by atoms with E-state index < -0.39 is 17.8 Å². The minimum absolute atomic E-state index is 0.0149. The number of alkyl halides is 3. The Hall–Kier alpha value is -4.09. The third-order valence-corrected chi connectivity index (χ3v) is 9.98. The summed E-state index contributed by atoms with van der Waals surface area (Å²) in [7, 11) is 0. The molecule has 1 fully saturated rings. The zero-order valence-electron chi connectivity index (χ0n) is 24.0. The van der Waals surface area contributed by atoms with Gasteiger partial charge in [0.2, 0.25) is 0 Å². The molecular weight excluding hydrogens is 604 g/mol. The second-order valence-corrected chi connectivity index (χ2v) is 13.3. The zero-order valence-corrected chi connectivity index (χ0v) is 25.6. The summed E-state index contributed by atoms with van der Waals surface area (Å²) in [5, 5.41) is 14.4. The largest absolute Gasteiger partial charge is 0.433 e. The molecule has 0 bridgehead atoms. The summed E-state index contributed by atoms with van der Waals surface area (Å²) in [5.74, 6) is -0.284. The van der Waals surface area contributed by atoms with Gasteiger partial charge in [-0.2, -0.15) is 23.4 Å². The first-order valence-corrected chi connectivity index (χ1v) is 16.2. The van der Waals surface area contributed by atoms with Gasteiger partial charge in [0.05, 0.1) is 17.4 Å². The maximum absolute atomic E-state index is 14.3. The van der Waals surface area contributed by atoms with Crippen LogP contribution in [-0.4, -0.2) is 31.2 Å². The van der Waals surface area contributed by atoms with E-state index in [1.54, 1.807) is 34.8 Å². The molecule has 1 aromatic carbocycles. The van der Waals surface area contributed by atoms with Gasteiger partial charge in [-0.1, -0.05) is 50.2 Å². The molecule has 6 nitrogen and oxygen atoms in total. The Balaban J connectivity index is 1.31. The highest BCUT2D eigenvalue weighted by Crippen LogP contribution is 2.46. The Morgan fingerprint density at radius 2 is 1.82 bits per heavy atom. The van der Waals surface area contributed by atoms with Gasteiger partial charge in [0.1, 0.15) is 0 Å². The Morgan fingerprint density at radius 3 is 2.50 bits per heavy atom. The molecule has 0 N–H and O–H groups in total. The average molecular weight is 632 g/mol. The minimum Gasteiger partial charge on any atom is -0.265 e. The van der Waals surface area contributed by atoms with Crippen molar-refractivity contribution in [2.45, 2.75) is 51.2 Å². The van der Waals surface area contributed by atoms with E-state index in [-0.39, 0.29) is 34.9 Å². The smallest absolute Gasteiger partial charge is 0.265 e. The number of thiophene rings is 2. The predicted octanol–water partition coefficient (Wildman–Crippen LogP) is 9.10. The van der Waals surface area contributed by atoms with Gasteiger partial charge in [-0.15, -0.1) is 22.7 Å². The SMILES string of the molecule is CC(C)c1ccc(-c2cc(C(F)(F)F)n3nc(C(=O)N4N=C5/C(=C/c6cccs6)CCC[C@@H]5[C@@H]4c4cccs4)cc3n2)cc1. The molecule has 0 radical (unpaired) electrons. The number of carbonyl (C=O) groups excluding carboxylic acids is 1. The molecule has 0 saturated heterocycles. The molecule has 1 aliphatic heterocycles. The molecule has 44 heavy (non-hydrogen) atoms. The number of fused-ring (bicyclic) bond motifs is 2. The first-order valence-electron chi connectivity index (χ1n) is 14.5. The molecular formula is C33H28F3N5OS2. The summed E-state index contributed by atoms with van der Waals surface area (Å²) in [6.07, 6.45) is 0.0785. The van der Waals surface area contributed by atoms with E-state index in [4.69, 9.17) is 5.10 Å². The van der Waals surface area contributed by atoms with Gasteiger partial charge in [-0.25, -0.2) is 14.5 Å². The fourth-order valence-electron chi connectivity index (χ4n) is 6.04. The van der Waals surface area contributed by atoms with E-state index in [0.717, 1.165) is 56.4 Å². The van der Waals surface area contributed by atoms with Crippen molar-refractivity contribution in [3.05, 3.63) is 104 Å². The molecule has 7 rings (SSSR count). The molecule has 5 heterocycles. The van der Waals surface area contributed by atoms with Gasteiger partial charge in [0.25, 0.3) is 5.91 Å². The lowest BCUT2D eigenvalue weighted by Gasteiger charge is -2.28. The molecule has 1 saturated carbocycles. The van der Waals surface area contributed by atoms with E-state index >= 15 is 0 Å². The quantitative estimate of drug-likeness (QED) is 0.194. The molecule has 1 amide bonds. The van der Waals surface area contributed by atoms with Crippen LogP contribution >= 0.6 is 22.7 Å². The van der Waals surface area contributed by atoms with E-state index in [1.165, 1.54) is 11.1 Å². The number of amides is 1. The van der Waals surface area contributed by atoms with E-state index in [1.807, 2.05) is 47.2 Å². The van der Waals surface area contributed by atoms with Gasteiger partial charge in [-0.05, 0) is 71.4 Å². The number of hydrogen-bond donors (Lipinski definition) is 0. The zero-order chi connectivity index (χ0) is 30.6. The van der Waals surface area contributed by atoms with Crippen molar-refractivity contribution in [1.29, 1.82) is 0 Å². The monoisotopic (exact) mass is 631 g/mol. The molecule has 224 valence electrons. The van der Waals surface area contributed by atoms with Gasteiger partial charge in [0.15, 0.2) is 17.0 Å². The van der Waals surface area contributed by atoms with Gasteiger partial charge < -0.3 is 0 Å². The first-order chi connectivity index (χ1) is 21.2. The summed E-state index contributed by atoms with van der Waals surface area (Å²) >= 11 is 3.18. The normalized spacial score (nSPS) is 19.6. The topological polar surface area (TPSA) is 62.9 Å². The molecule has 4 aromatic heterocycles. The Bertz CT molecular complexity index is 1890. The van der Waals surface area contributed by atoms with Crippen molar-refractivity contribution in [2.75, 3.05) is 0 Å². The van der Waals surface area contributed by atoms with Crippen molar-refractivity contribution in [1.82, 2.24) is 19.6 Å². The predicted molar refractivity (Wildman–Crippen MR) is 168 cm³/mol. The van der Waals surface area contributed by atoms with Crippen LogP contribution in [0.3, 0.4) is 0 Å². The van der Waals surface area contributed by atoms with Crippen molar-refractivity contribution in [2.24, 2.45) is 11.0 Å². The molecule has 2 atom stereocenters. The molecule has 2 aliphatic rings. The van der Waals surface area contributed by atoms with Crippen molar-refractivity contribution >= 4 is 46.0 Å². The van der Waals surface area contributed by atoms with E-state index in [0.29, 0.717) is 5.56 Å². The van der Waals surface area contributed by atoms with Crippen LogP contribution in [0.1, 0.15) is 76.6 Å². The summed E-state index contributed by atoms with van der Waals surface area (Å²) in [5.41, 5.74) is 2.54. The van der Waals surface area contributed by atoms with Gasteiger partial charge >= 0.3 is 6.18 Å². The first kappa shape index (κ1) is 28.7. The fraction of sp³-hybridized carbons (Fsp3) is 0.273. The molecule has 0 unspecified atom stereocenters. The van der Waals surface area contributed by atoms with Crippen molar-refractivity contribution < 1.29 is 18.0 Å². The number of hydrogen-bond acceptors (Lipinski definition) is 6. The molecule has 5 aromatic rings. The number of allylic oxidation sites excluding steroid dienone is 1. The van der Waals surface area contributed by atoms with E-state index in [9.17, 15) is 18.0 Å². The highest BCUT2D eigenvalue weighted by atomic mass is 32.1. The highest BCUT2D eigenvalue weighted by molar-refractivity contribution is 7.11. The summed E-state index contributed by atoms with van der Waals surface area (Å²) in [4.78, 5) is 20.7. The number of benzene rings is 1. The van der Waals surface area contributed by atoms with Crippen LogP contribution in [0.25, 0.3) is 23.0 Å². The highest BCUT2D eigenvalue weighted by Gasteiger charge is 2.45. The second kappa shape index (κ2) is 11.1. The summed E-state index contributed by atoms with van der Waals surface area (Å²) in [6, 6.07) is 17.2. The lowest BCUT2D eigenvalue weighted by molar-refractivity contribution is -0.142. The van der Waals surface area contributed by atoms with Crippen LogP contribution in [-0.2, 0) is 6.18 Å². The summed E-state index contributed by atoms with van der Waals surface area (Å²) < 4.78 is 43.7. The number of hydrazone groups is 1. The Morgan fingerprint density at radius 1 is 1.05 bits per heavy atom. The lowest BCUT2D eigenvalue weighted by Crippen LogP contribution is -2.31. The number of nitrogens with zero attached hydrogens (tertiary/aromatic N) is 5. The molecule has 11 heteroatoms. The lowest BCUT2D eigenvalue weighted by atomic mass is 9.79. The maximum atomic E-state index is 14.3. The average Bonchev–Trinajstić information content (AvgIpc) is 3.82.